The predicted octanol–water partition coefficient (Wildman–Crippen LogP) is 5.35. The largest absolute Gasteiger partial charge is 0.481 e. The van der Waals surface area contributed by atoms with E-state index in [1.165, 1.54) is 43.4 Å². The molecule has 3 heterocycles. The van der Waals surface area contributed by atoms with Crippen LogP contribution in [0.3, 0.4) is 0 Å². The van der Waals surface area contributed by atoms with E-state index < -0.39 is 29.9 Å². The lowest BCUT2D eigenvalue weighted by Crippen LogP contribution is -2.41. The number of carbonyl (C=O) groups is 3. The Hall–Kier alpha value is -1.93. The second-order valence-corrected chi connectivity index (χ2v) is 10.9. The van der Waals surface area contributed by atoms with E-state index in [0.717, 1.165) is 49.0 Å². The number of esters is 1. The van der Waals surface area contributed by atoms with Crippen LogP contribution in [0.1, 0.15) is 98.4 Å². The number of hydrogen-bond donors (Lipinski definition) is 2. The zero-order valence-corrected chi connectivity index (χ0v) is 20.9. The molecule has 1 aromatic rings. The molecule has 0 unspecified atom stereocenters. The Balaban J connectivity index is 1.61. The number of carbonyl (C=O) groups excluding carboxylic acids is 2. The highest BCUT2D eigenvalue weighted by Gasteiger charge is 2.55. The zero-order chi connectivity index (χ0) is 24.1. The van der Waals surface area contributed by atoms with Crippen LogP contribution in [0.15, 0.2) is 0 Å². The van der Waals surface area contributed by atoms with E-state index in [1.54, 1.807) is 6.92 Å². The summed E-state index contributed by atoms with van der Waals surface area (Å²) in [7, 11) is 0. The molecule has 1 aromatic heterocycles. The normalized spacial score (nSPS) is 27.7. The van der Waals surface area contributed by atoms with Crippen LogP contribution in [-0.4, -0.2) is 41.8 Å². The molecule has 4 atom stereocenters. The number of thiophene rings is 1. The van der Waals surface area contributed by atoms with Gasteiger partial charge in [0, 0.05) is 4.88 Å². The molecule has 2 N–H and O–H groups in total. The molecule has 2 saturated heterocycles. The molecule has 188 valence electrons. The Morgan fingerprint density at radius 1 is 0.941 bits per heavy atom. The minimum Gasteiger partial charge on any atom is -0.481 e. The molecule has 3 aliphatic rings. The highest BCUT2D eigenvalue weighted by Crippen LogP contribution is 2.45. The standard InChI is InChI=1S/C26H37NO6S/c1-2-32-26(31)20-16-12-10-8-6-4-3-5-7-9-11-13-19(16)34-24(20)27-23(28)21-17-14-15-18(33-17)22(21)25(29)30/h17-18,21-22H,2-15H2,1H3,(H,27,28)(H,29,30)/t17-,18-,21+,22-/m0/s1. The molecule has 1 aliphatic carbocycles. The van der Waals surface area contributed by atoms with Crippen molar-refractivity contribution in [2.45, 2.75) is 103 Å². The molecule has 1 amide bonds. The van der Waals surface area contributed by atoms with Gasteiger partial charge in [-0.2, -0.15) is 0 Å². The fourth-order valence-corrected chi connectivity index (χ4v) is 7.11. The minimum absolute atomic E-state index is 0.262. The van der Waals surface area contributed by atoms with E-state index >= 15 is 0 Å². The van der Waals surface area contributed by atoms with Crippen LogP contribution in [0, 0.1) is 11.8 Å². The molecule has 7 nitrogen and oxygen atoms in total. The van der Waals surface area contributed by atoms with Crippen molar-refractivity contribution in [3.8, 4) is 0 Å². The summed E-state index contributed by atoms with van der Waals surface area (Å²) in [6.45, 7) is 2.04. The lowest BCUT2D eigenvalue weighted by molar-refractivity contribution is -0.147. The molecule has 0 saturated carbocycles. The van der Waals surface area contributed by atoms with Gasteiger partial charge in [-0.15, -0.1) is 11.3 Å². The summed E-state index contributed by atoms with van der Waals surface area (Å²) in [4.78, 5) is 39.4. The summed E-state index contributed by atoms with van der Waals surface area (Å²) in [6, 6.07) is 0. The molecule has 0 radical (unpaired) electrons. The molecule has 2 bridgehead atoms. The number of ether oxygens (including phenoxy) is 2. The highest BCUT2D eigenvalue weighted by molar-refractivity contribution is 7.17. The summed E-state index contributed by atoms with van der Waals surface area (Å²) < 4.78 is 11.2. The van der Waals surface area contributed by atoms with Gasteiger partial charge in [0.25, 0.3) is 0 Å². The number of fused-ring (bicyclic) bond motifs is 3. The number of anilines is 1. The maximum Gasteiger partial charge on any atom is 0.341 e. The van der Waals surface area contributed by atoms with Crippen molar-refractivity contribution in [3.63, 3.8) is 0 Å². The molecular weight excluding hydrogens is 454 g/mol. The molecule has 0 spiro atoms. The van der Waals surface area contributed by atoms with E-state index in [9.17, 15) is 19.5 Å². The first-order valence-electron chi connectivity index (χ1n) is 13.0. The van der Waals surface area contributed by atoms with Crippen molar-refractivity contribution in [3.05, 3.63) is 16.0 Å². The number of hydrogen-bond acceptors (Lipinski definition) is 6. The van der Waals surface area contributed by atoms with Gasteiger partial charge < -0.3 is 19.9 Å². The van der Waals surface area contributed by atoms with E-state index in [0.29, 0.717) is 23.4 Å². The van der Waals surface area contributed by atoms with E-state index in [4.69, 9.17) is 9.47 Å². The van der Waals surface area contributed by atoms with Gasteiger partial charge in [0.05, 0.1) is 36.2 Å². The topological polar surface area (TPSA) is 102 Å². The third-order valence-electron chi connectivity index (χ3n) is 7.50. The van der Waals surface area contributed by atoms with E-state index in [1.807, 2.05) is 0 Å². The second kappa shape index (κ2) is 11.7. The summed E-state index contributed by atoms with van der Waals surface area (Å²) in [5.74, 6) is -3.34. The van der Waals surface area contributed by atoms with Crippen molar-refractivity contribution >= 4 is 34.2 Å². The van der Waals surface area contributed by atoms with Crippen LogP contribution in [0.25, 0.3) is 0 Å². The lowest BCUT2D eigenvalue weighted by atomic mass is 9.78. The average Bonchev–Trinajstić information content (AvgIpc) is 3.50. The summed E-state index contributed by atoms with van der Waals surface area (Å²) in [5.41, 5.74) is 1.48. The van der Waals surface area contributed by atoms with Gasteiger partial charge in [-0.1, -0.05) is 44.9 Å². The number of amides is 1. The van der Waals surface area contributed by atoms with Gasteiger partial charge in [-0.25, -0.2) is 4.79 Å². The summed E-state index contributed by atoms with van der Waals surface area (Å²) in [6.07, 6.45) is 12.9. The van der Waals surface area contributed by atoms with Gasteiger partial charge in [0.1, 0.15) is 5.00 Å². The molecule has 8 heteroatoms. The number of rotatable bonds is 5. The lowest BCUT2D eigenvalue weighted by Gasteiger charge is -2.23. The summed E-state index contributed by atoms with van der Waals surface area (Å²) in [5, 5.41) is 13.2. The van der Waals surface area contributed by atoms with Gasteiger partial charge in [-0.3, -0.25) is 9.59 Å². The van der Waals surface area contributed by atoms with Crippen LogP contribution < -0.4 is 5.32 Å². The zero-order valence-electron chi connectivity index (χ0n) is 20.1. The minimum atomic E-state index is -0.994. The van der Waals surface area contributed by atoms with Crippen molar-refractivity contribution in [2.24, 2.45) is 11.8 Å². The van der Waals surface area contributed by atoms with Crippen molar-refractivity contribution in [1.82, 2.24) is 0 Å². The van der Waals surface area contributed by atoms with Gasteiger partial charge in [-0.05, 0) is 51.0 Å². The third-order valence-corrected chi connectivity index (χ3v) is 8.71. The number of aliphatic carboxylic acids is 1. The first kappa shape index (κ1) is 25.2. The maximum absolute atomic E-state index is 13.3. The van der Waals surface area contributed by atoms with Crippen LogP contribution in [-0.2, 0) is 31.9 Å². The average molecular weight is 492 g/mol. The third kappa shape index (κ3) is 5.48. The van der Waals surface area contributed by atoms with Gasteiger partial charge in [0.15, 0.2) is 0 Å². The number of carboxylic acids is 1. The molecule has 34 heavy (non-hydrogen) atoms. The van der Waals surface area contributed by atoms with Crippen LogP contribution in [0.4, 0.5) is 5.00 Å². The highest BCUT2D eigenvalue weighted by atomic mass is 32.1. The Kier molecular flexibility index (Phi) is 8.64. The van der Waals surface area contributed by atoms with Crippen LogP contribution in [0.5, 0.6) is 0 Å². The number of carboxylic acid groups (broad SMARTS) is 1. The van der Waals surface area contributed by atoms with E-state index in [-0.39, 0.29) is 18.6 Å². The smallest absolute Gasteiger partial charge is 0.341 e. The molecule has 2 aliphatic heterocycles. The predicted molar refractivity (Wildman–Crippen MR) is 130 cm³/mol. The Morgan fingerprint density at radius 2 is 1.53 bits per heavy atom. The second-order valence-electron chi connectivity index (χ2n) is 9.78. The molecule has 0 aromatic carbocycles. The fraction of sp³-hybridized carbons (Fsp3) is 0.731. The van der Waals surface area contributed by atoms with Crippen molar-refractivity contribution in [2.75, 3.05) is 11.9 Å². The monoisotopic (exact) mass is 491 g/mol. The van der Waals surface area contributed by atoms with Crippen LogP contribution in [0.2, 0.25) is 0 Å². The Bertz CT molecular complexity index is 896. The maximum atomic E-state index is 13.3. The quantitative estimate of drug-likeness (QED) is 0.538. The number of aryl methyl sites for hydroxylation is 1. The Morgan fingerprint density at radius 3 is 2.15 bits per heavy atom. The van der Waals surface area contributed by atoms with E-state index in [2.05, 4.69) is 5.32 Å². The Labute approximate surface area is 205 Å². The molecular formula is C26H37NO6S. The molecule has 2 fully saturated rings. The number of nitrogens with one attached hydrogen (secondary N) is 1. The first-order valence-corrected chi connectivity index (χ1v) is 13.8. The molecule has 4 rings (SSSR count). The first-order chi connectivity index (χ1) is 16.5. The van der Waals surface area contributed by atoms with Crippen molar-refractivity contribution in [1.29, 1.82) is 0 Å². The summed E-state index contributed by atoms with van der Waals surface area (Å²) >= 11 is 1.47. The van der Waals surface area contributed by atoms with Gasteiger partial charge in [0.2, 0.25) is 5.91 Å². The van der Waals surface area contributed by atoms with Crippen LogP contribution >= 0.6 is 11.3 Å². The van der Waals surface area contributed by atoms with Gasteiger partial charge >= 0.3 is 11.9 Å². The SMILES string of the molecule is CCOC(=O)c1c(NC(=O)[C@H]2[C@@H](C(=O)O)[C@@H]3CC[C@@H]2O3)sc2c1CCCCCCCCCCC2. The fourth-order valence-electron chi connectivity index (χ4n) is 5.83. The van der Waals surface area contributed by atoms with Crippen molar-refractivity contribution < 1.29 is 29.0 Å².